The third kappa shape index (κ3) is 6.84. The van der Waals surface area contributed by atoms with Crippen LogP contribution in [0.2, 0.25) is 0 Å². The van der Waals surface area contributed by atoms with Crippen molar-refractivity contribution in [2.75, 3.05) is 13.1 Å². The minimum absolute atomic E-state index is 0.0467. The van der Waals surface area contributed by atoms with E-state index in [-0.39, 0.29) is 23.2 Å². The van der Waals surface area contributed by atoms with Gasteiger partial charge in [0.2, 0.25) is 17.6 Å². The van der Waals surface area contributed by atoms with Crippen LogP contribution in [0.3, 0.4) is 0 Å². The van der Waals surface area contributed by atoms with Crippen molar-refractivity contribution in [1.29, 1.82) is 0 Å². The Labute approximate surface area is 298 Å². The van der Waals surface area contributed by atoms with Crippen LogP contribution in [0.25, 0.3) is 0 Å². The Morgan fingerprint density at radius 1 is 1.00 bits per heavy atom. The molecule has 0 unspecified atom stereocenters. The first-order chi connectivity index (χ1) is 23.1. The number of ketones is 1. The van der Waals surface area contributed by atoms with Gasteiger partial charge in [-0.1, -0.05) is 53.0 Å². The number of Topliss-reactive ketones (excluding diaryl/α,β-unsaturated/α-hetero) is 1. The minimum Gasteiger partial charge on any atom is -0.349 e. The number of fused-ring (bicyclic) bond motifs is 1. The van der Waals surface area contributed by atoms with Crippen LogP contribution >= 0.6 is 0 Å². The fourth-order valence-corrected chi connectivity index (χ4v) is 10.8. The van der Waals surface area contributed by atoms with Crippen LogP contribution in [0, 0.1) is 29.1 Å². The molecule has 0 radical (unpaired) electrons. The molecule has 5 fully saturated rings. The van der Waals surface area contributed by atoms with Crippen molar-refractivity contribution in [3.8, 4) is 0 Å². The molecule has 50 heavy (non-hydrogen) atoms. The van der Waals surface area contributed by atoms with E-state index in [1.165, 1.54) is 4.90 Å². The highest BCUT2D eigenvalue weighted by Gasteiger charge is 2.71. The quantitative estimate of drug-likeness (QED) is 0.167. The lowest BCUT2D eigenvalue weighted by atomic mass is 9.79. The largest absolute Gasteiger partial charge is 0.349 e. The Kier molecular flexibility index (Phi) is 10.1. The Hall–Kier alpha value is -2.96. The number of nitrogens with one attached hydrogen (secondary N) is 4. The van der Waals surface area contributed by atoms with Crippen LogP contribution in [0.15, 0.2) is 12.2 Å². The van der Waals surface area contributed by atoms with Gasteiger partial charge in [0.25, 0.3) is 5.91 Å². The van der Waals surface area contributed by atoms with Gasteiger partial charge in [0.15, 0.2) is 9.84 Å². The minimum atomic E-state index is -3.64. The first-order valence-corrected chi connectivity index (χ1v) is 20.1. The normalized spacial score (nSPS) is 30.6. The third-order valence-electron chi connectivity index (χ3n) is 12.8. The maximum Gasteiger partial charge on any atom is 0.316 e. The monoisotopic (exact) mass is 717 g/mol. The number of carbonyl (C=O) groups excluding carboxylic acids is 5. The van der Waals surface area contributed by atoms with E-state index in [0.29, 0.717) is 50.3 Å². The van der Waals surface area contributed by atoms with Crippen LogP contribution < -0.4 is 21.3 Å². The molecule has 0 aromatic heterocycles. The van der Waals surface area contributed by atoms with Crippen LogP contribution in [0.1, 0.15) is 113 Å². The van der Waals surface area contributed by atoms with Gasteiger partial charge in [0.05, 0.1) is 15.5 Å². The second-order valence-electron chi connectivity index (χ2n) is 17.5. The number of hydrogen-bond acceptors (Lipinski definition) is 7. The van der Waals surface area contributed by atoms with Crippen LogP contribution in [-0.2, 0) is 29.0 Å². The zero-order valence-electron chi connectivity index (χ0n) is 31.2. The van der Waals surface area contributed by atoms with Crippen LogP contribution in [-0.4, -0.2) is 89.1 Å². The SMILES string of the molecule is C=C(C)[C@H](NC(=O)NC1([C@@H](C)S(=O)(=O)C(C)(C)C)CCCCC1)C(=O)N1C[C@H]2[C@@H]([C@H]1C(=O)N[C@@]1(C(=O)C(=O)NCC3CC3)C[C@H]1CC)C2(C)C. The highest BCUT2D eigenvalue weighted by atomic mass is 32.2. The Morgan fingerprint density at radius 2 is 1.62 bits per heavy atom. The van der Waals surface area contributed by atoms with E-state index in [4.69, 9.17) is 0 Å². The smallest absolute Gasteiger partial charge is 0.316 e. The predicted octanol–water partition coefficient (Wildman–Crippen LogP) is 3.40. The number of hydrogen-bond donors (Lipinski definition) is 4. The molecule has 5 rings (SSSR count). The molecular formula is C37H59N5O7S. The lowest BCUT2D eigenvalue weighted by molar-refractivity contribution is -0.144. The van der Waals surface area contributed by atoms with Crippen LogP contribution in [0.5, 0.6) is 0 Å². The van der Waals surface area contributed by atoms with Gasteiger partial charge in [-0.15, -0.1) is 0 Å². The number of carbonyl (C=O) groups is 5. The maximum atomic E-state index is 14.3. The van der Waals surface area contributed by atoms with Crippen molar-refractivity contribution in [2.45, 2.75) is 146 Å². The molecule has 4 aliphatic carbocycles. The summed E-state index contributed by atoms with van der Waals surface area (Å²) in [6, 6.07) is -2.73. The zero-order chi connectivity index (χ0) is 37.2. The van der Waals surface area contributed by atoms with Gasteiger partial charge in [-0.05, 0) is 101 Å². The number of rotatable bonds is 13. The Morgan fingerprint density at radius 3 is 2.14 bits per heavy atom. The topological polar surface area (TPSA) is 171 Å². The van der Waals surface area contributed by atoms with E-state index in [1.807, 2.05) is 6.92 Å². The van der Waals surface area contributed by atoms with Crippen molar-refractivity contribution in [3.05, 3.63) is 12.2 Å². The molecule has 0 spiro atoms. The van der Waals surface area contributed by atoms with E-state index in [9.17, 15) is 32.4 Å². The van der Waals surface area contributed by atoms with E-state index in [1.54, 1.807) is 34.6 Å². The van der Waals surface area contributed by atoms with E-state index < -0.39 is 72.5 Å². The molecule has 1 heterocycles. The molecule has 0 bridgehead atoms. The lowest BCUT2D eigenvalue weighted by Gasteiger charge is -2.44. The number of urea groups is 1. The molecule has 0 aromatic rings. The average molecular weight is 718 g/mol. The summed E-state index contributed by atoms with van der Waals surface area (Å²) in [6.07, 6.45) is 6.49. The van der Waals surface area contributed by atoms with E-state index in [2.05, 4.69) is 41.7 Å². The van der Waals surface area contributed by atoms with E-state index in [0.717, 1.165) is 32.1 Å². The van der Waals surface area contributed by atoms with Crippen molar-refractivity contribution in [2.24, 2.45) is 29.1 Å². The summed E-state index contributed by atoms with van der Waals surface area (Å²) in [5.41, 5.74) is -2.15. The van der Waals surface area contributed by atoms with Gasteiger partial charge in [0.1, 0.15) is 17.6 Å². The number of likely N-dealkylation sites (tertiary alicyclic amines) is 1. The van der Waals surface area contributed by atoms with Gasteiger partial charge in [0, 0.05) is 13.1 Å². The molecule has 12 nitrogen and oxygen atoms in total. The van der Waals surface area contributed by atoms with E-state index >= 15 is 0 Å². The van der Waals surface area contributed by atoms with Gasteiger partial charge in [-0.2, -0.15) is 0 Å². The summed E-state index contributed by atoms with van der Waals surface area (Å²) in [7, 11) is -3.64. The molecule has 4 saturated carbocycles. The Bertz CT molecular complexity index is 1540. The predicted molar refractivity (Wildman–Crippen MR) is 190 cm³/mol. The lowest BCUT2D eigenvalue weighted by Crippen LogP contribution is -2.64. The van der Waals surface area contributed by atoms with Gasteiger partial charge in [-0.25, -0.2) is 13.2 Å². The molecule has 4 N–H and O–H groups in total. The first kappa shape index (κ1) is 38.3. The molecule has 0 aromatic carbocycles. The first-order valence-electron chi connectivity index (χ1n) is 18.6. The molecule has 5 aliphatic rings. The van der Waals surface area contributed by atoms with Crippen LogP contribution in [0.4, 0.5) is 4.79 Å². The standard InChI is InChI=1S/C37H59N5O7S/c1-10-24-18-37(24,29(43)31(45)38-19-23-14-15-23)40-30(44)28-26-25(35(26,8)9)20-42(28)32(46)27(21(2)3)39-33(47)41-36(16-12-11-13-17-36)22(4)50(48,49)34(5,6)7/h22-28H,2,10-20H2,1,3-9H3,(H,38,45)(H,40,44)(H2,39,41,47)/t22-,24-,25+,26+,27+,28+,37+/m1/s1. The van der Waals surface area contributed by atoms with Gasteiger partial charge >= 0.3 is 6.03 Å². The molecule has 7 atom stereocenters. The highest BCUT2D eigenvalue weighted by molar-refractivity contribution is 7.93. The molecule has 5 amide bonds. The molecule has 13 heteroatoms. The summed E-state index contributed by atoms with van der Waals surface area (Å²) in [6.45, 7) is 19.0. The highest BCUT2D eigenvalue weighted by Crippen LogP contribution is 2.65. The van der Waals surface area contributed by atoms with Crippen molar-refractivity contribution >= 4 is 39.4 Å². The average Bonchev–Trinajstić information content (AvgIpc) is 4.00. The summed E-state index contributed by atoms with van der Waals surface area (Å²) in [4.78, 5) is 70.1. The zero-order valence-corrected chi connectivity index (χ0v) is 32.1. The molecule has 1 aliphatic heterocycles. The molecular weight excluding hydrogens is 659 g/mol. The number of amides is 5. The fraction of sp³-hybridized carbons (Fsp3) is 0.811. The number of piperidine rings is 1. The summed E-state index contributed by atoms with van der Waals surface area (Å²) in [5, 5.41) is 10.6. The number of nitrogens with zero attached hydrogens (tertiary/aromatic N) is 1. The van der Waals surface area contributed by atoms with Gasteiger partial charge < -0.3 is 26.2 Å². The van der Waals surface area contributed by atoms with Crippen molar-refractivity contribution < 1.29 is 32.4 Å². The second kappa shape index (κ2) is 13.2. The van der Waals surface area contributed by atoms with Crippen molar-refractivity contribution in [3.63, 3.8) is 0 Å². The molecule has 280 valence electrons. The Balaban J connectivity index is 1.33. The number of sulfone groups is 1. The second-order valence-corrected chi connectivity index (χ2v) is 20.6. The summed E-state index contributed by atoms with van der Waals surface area (Å²) >= 11 is 0. The maximum absolute atomic E-state index is 14.3. The summed E-state index contributed by atoms with van der Waals surface area (Å²) in [5.74, 6) is -2.18. The van der Waals surface area contributed by atoms with Gasteiger partial charge in [-0.3, -0.25) is 19.2 Å². The fourth-order valence-electron chi connectivity index (χ4n) is 8.86. The summed E-state index contributed by atoms with van der Waals surface area (Å²) < 4.78 is 26.2. The third-order valence-corrected chi connectivity index (χ3v) is 15.9. The van der Waals surface area contributed by atoms with Crippen molar-refractivity contribution in [1.82, 2.24) is 26.2 Å². The molecule has 1 saturated heterocycles.